The van der Waals surface area contributed by atoms with Crippen molar-refractivity contribution >= 4 is 22.6 Å². The van der Waals surface area contributed by atoms with E-state index in [1.54, 1.807) is 7.05 Å². The summed E-state index contributed by atoms with van der Waals surface area (Å²) in [5, 5.41) is 11.8. The first kappa shape index (κ1) is 21.6. The average Bonchev–Trinajstić information content (AvgIpc) is 3.43. The summed E-state index contributed by atoms with van der Waals surface area (Å²) in [6, 6.07) is 0.412. The van der Waals surface area contributed by atoms with E-state index in [1.165, 1.54) is 9.47 Å². The highest BCUT2D eigenvalue weighted by Gasteiger charge is 2.44. The molecule has 1 saturated carbocycles. The van der Waals surface area contributed by atoms with E-state index in [2.05, 4.69) is 5.32 Å². The van der Waals surface area contributed by atoms with Crippen molar-refractivity contribution in [3.05, 3.63) is 39.4 Å². The lowest BCUT2D eigenvalue weighted by atomic mass is 9.90. The number of hydrogen-bond donors (Lipinski definition) is 2. The summed E-state index contributed by atoms with van der Waals surface area (Å²) in [5.41, 5.74) is -4.33. The van der Waals surface area contributed by atoms with Crippen LogP contribution in [0.4, 0.5) is 23.2 Å². The predicted octanol–water partition coefficient (Wildman–Crippen LogP) is 3.63. The van der Waals surface area contributed by atoms with E-state index in [-0.39, 0.29) is 24.5 Å². The van der Waals surface area contributed by atoms with Gasteiger partial charge in [0.1, 0.15) is 16.9 Å². The van der Waals surface area contributed by atoms with Crippen molar-refractivity contribution in [2.24, 2.45) is 5.41 Å². The summed E-state index contributed by atoms with van der Waals surface area (Å²) in [4.78, 5) is 25.6. The van der Waals surface area contributed by atoms with Gasteiger partial charge in [0.2, 0.25) is 5.43 Å². The number of anilines is 1. The predicted molar refractivity (Wildman–Crippen MR) is 107 cm³/mol. The van der Waals surface area contributed by atoms with Crippen LogP contribution in [-0.4, -0.2) is 42.3 Å². The maximum atomic E-state index is 15.2. The smallest absolute Gasteiger partial charge is 0.420 e. The Labute approximate surface area is 175 Å². The van der Waals surface area contributed by atoms with Gasteiger partial charge in [-0.05, 0) is 37.8 Å². The minimum Gasteiger partial charge on any atom is -0.477 e. The number of benzene rings is 1. The number of nitrogens with one attached hydrogen (secondary N) is 1. The number of halogens is 4. The second kappa shape index (κ2) is 7.22. The van der Waals surface area contributed by atoms with Crippen molar-refractivity contribution in [3.63, 3.8) is 0 Å². The lowest BCUT2D eigenvalue weighted by molar-refractivity contribution is -0.136. The highest BCUT2D eigenvalue weighted by molar-refractivity contribution is 5.95. The third-order valence-corrected chi connectivity index (χ3v) is 6.17. The van der Waals surface area contributed by atoms with Crippen LogP contribution >= 0.6 is 0 Å². The van der Waals surface area contributed by atoms with Crippen LogP contribution in [0.5, 0.6) is 0 Å². The van der Waals surface area contributed by atoms with Crippen LogP contribution in [0, 0.1) is 11.2 Å². The molecule has 1 aliphatic carbocycles. The van der Waals surface area contributed by atoms with Gasteiger partial charge < -0.3 is 19.9 Å². The minimum atomic E-state index is -4.94. The lowest BCUT2D eigenvalue weighted by Crippen LogP contribution is -2.34. The molecule has 1 aliphatic heterocycles. The summed E-state index contributed by atoms with van der Waals surface area (Å²) in [6.07, 6.45) is -2.27. The molecule has 2 aromatic rings. The van der Waals surface area contributed by atoms with Crippen molar-refractivity contribution in [1.29, 1.82) is 0 Å². The number of alkyl halides is 3. The Morgan fingerprint density at radius 3 is 2.58 bits per heavy atom. The van der Waals surface area contributed by atoms with Crippen molar-refractivity contribution in [2.75, 3.05) is 31.6 Å². The number of carbonyl (C=O) groups is 1. The Balaban J connectivity index is 2.04. The van der Waals surface area contributed by atoms with Gasteiger partial charge in [0.25, 0.3) is 0 Å². The van der Waals surface area contributed by atoms with E-state index in [0.29, 0.717) is 25.8 Å². The molecule has 10 heteroatoms. The van der Waals surface area contributed by atoms with Crippen molar-refractivity contribution in [2.45, 2.75) is 38.4 Å². The molecule has 31 heavy (non-hydrogen) atoms. The molecular formula is C21H23F4N3O3. The summed E-state index contributed by atoms with van der Waals surface area (Å²) in [6.45, 7) is 2.95. The fraction of sp³-hybridized carbons (Fsp3) is 0.524. The fourth-order valence-corrected chi connectivity index (χ4v) is 4.63. The second-order valence-electron chi connectivity index (χ2n) is 8.80. The number of aromatic carboxylic acids is 1. The largest absolute Gasteiger partial charge is 0.477 e. The van der Waals surface area contributed by atoms with Crippen molar-refractivity contribution in [1.82, 2.24) is 9.88 Å². The molecule has 1 aromatic heterocycles. The Morgan fingerprint density at radius 2 is 2.03 bits per heavy atom. The molecule has 2 fully saturated rings. The molecule has 1 aromatic carbocycles. The van der Waals surface area contributed by atoms with Gasteiger partial charge in [0.05, 0.1) is 16.6 Å². The Bertz CT molecular complexity index is 1120. The zero-order valence-electron chi connectivity index (χ0n) is 17.1. The number of aromatic nitrogens is 1. The molecule has 0 spiro atoms. The number of carboxylic acid groups (broad SMARTS) is 1. The van der Waals surface area contributed by atoms with Gasteiger partial charge in [-0.15, -0.1) is 0 Å². The van der Waals surface area contributed by atoms with Gasteiger partial charge in [-0.25, -0.2) is 9.18 Å². The van der Waals surface area contributed by atoms with Gasteiger partial charge in [-0.2, -0.15) is 13.2 Å². The molecule has 1 saturated heterocycles. The molecule has 2 aliphatic rings. The summed E-state index contributed by atoms with van der Waals surface area (Å²) in [7, 11) is 1.75. The van der Waals surface area contributed by atoms with E-state index in [1.807, 2.05) is 6.92 Å². The van der Waals surface area contributed by atoms with Crippen LogP contribution in [0.1, 0.15) is 48.1 Å². The molecule has 1 unspecified atom stereocenters. The third-order valence-electron chi connectivity index (χ3n) is 6.17. The van der Waals surface area contributed by atoms with Gasteiger partial charge in [0, 0.05) is 31.9 Å². The zero-order valence-corrected chi connectivity index (χ0v) is 17.1. The van der Waals surface area contributed by atoms with Crippen LogP contribution in [0.25, 0.3) is 10.9 Å². The van der Waals surface area contributed by atoms with Crippen LogP contribution in [0.2, 0.25) is 0 Å². The monoisotopic (exact) mass is 441 g/mol. The molecule has 6 nitrogen and oxygen atoms in total. The number of pyridine rings is 1. The molecule has 2 N–H and O–H groups in total. The molecule has 0 radical (unpaired) electrons. The van der Waals surface area contributed by atoms with Gasteiger partial charge in [-0.1, -0.05) is 6.92 Å². The quantitative estimate of drug-likeness (QED) is 0.694. The molecule has 0 amide bonds. The standard InChI is InChI=1S/C21H23F4N3O3/c1-20(9-26-2)5-6-27(10-20)17-14(22)7-12-16(15(17)21(23,24)25)28(11-3-4-11)8-13(18(12)29)19(30)31/h7-8,11,26H,3-6,9-10H2,1-2H3,(H,30,31). The summed E-state index contributed by atoms with van der Waals surface area (Å²) in [5.74, 6) is -2.72. The van der Waals surface area contributed by atoms with E-state index in [0.717, 1.165) is 12.3 Å². The molecular weight excluding hydrogens is 418 g/mol. The second-order valence-corrected chi connectivity index (χ2v) is 8.80. The molecule has 168 valence electrons. The molecule has 0 bridgehead atoms. The van der Waals surface area contributed by atoms with Crippen molar-refractivity contribution in [3.8, 4) is 0 Å². The van der Waals surface area contributed by atoms with E-state index in [4.69, 9.17) is 0 Å². The first-order valence-electron chi connectivity index (χ1n) is 10.1. The topological polar surface area (TPSA) is 74.6 Å². The number of nitrogens with zero attached hydrogens (tertiary/aromatic N) is 2. The summed E-state index contributed by atoms with van der Waals surface area (Å²) >= 11 is 0. The molecule has 1 atom stereocenters. The first-order valence-corrected chi connectivity index (χ1v) is 10.1. The van der Waals surface area contributed by atoms with E-state index < -0.39 is 51.1 Å². The van der Waals surface area contributed by atoms with Crippen molar-refractivity contribution < 1.29 is 27.5 Å². The fourth-order valence-electron chi connectivity index (χ4n) is 4.63. The van der Waals surface area contributed by atoms with Gasteiger partial charge >= 0.3 is 12.1 Å². The molecule has 4 rings (SSSR count). The number of fused-ring (bicyclic) bond motifs is 1. The molecule has 2 heterocycles. The normalized spacial score (nSPS) is 21.8. The van der Waals surface area contributed by atoms with Crippen LogP contribution in [0.3, 0.4) is 0 Å². The highest BCUT2D eigenvalue weighted by atomic mass is 19.4. The number of carboxylic acids is 1. The average molecular weight is 441 g/mol. The van der Waals surface area contributed by atoms with E-state index in [9.17, 15) is 27.9 Å². The Hall–Kier alpha value is -2.62. The maximum absolute atomic E-state index is 15.2. The number of hydrogen-bond acceptors (Lipinski definition) is 4. The first-order chi connectivity index (χ1) is 14.5. The third kappa shape index (κ3) is 3.66. The van der Waals surface area contributed by atoms with Gasteiger partial charge in [0.15, 0.2) is 0 Å². The lowest BCUT2D eigenvalue weighted by Gasteiger charge is -2.29. The SMILES string of the molecule is CNCC1(C)CCN(c2c(F)cc3c(=O)c(C(=O)O)cn(C4CC4)c3c2C(F)(F)F)C1. The maximum Gasteiger partial charge on any atom is 0.420 e. The van der Waals surface area contributed by atoms with E-state index >= 15 is 4.39 Å². The summed E-state index contributed by atoms with van der Waals surface area (Å²) < 4.78 is 59.5. The Kier molecular flexibility index (Phi) is 5.03. The van der Waals surface area contributed by atoms with Crippen LogP contribution < -0.4 is 15.6 Å². The highest BCUT2D eigenvalue weighted by Crippen LogP contribution is 2.47. The van der Waals surface area contributed by atoms with Crippen LogP contribution in [0.15, 0.2) is 17.1 Å². The zero-order chi connectivity index (χ0) is 22.7. The van der Waals surface area contributed by atoms with Crippen LogP contribution in [-0.2, 0) is 6.18 Å². The number of rotatable bonds is 5. The minimum absolute atomic E-state index is 0.222. The van der Waals surface area contributed by atoms with Gasteiger partial charge in [-0.3, -0.25) is 4.79 Å². The Morgan fingerprint density at radius 1 is 1.35 bits per heavy atom.